The van der Waals surface area contributed by atoms with Crippen LogP contribution in [-0.2, 0) is 0 Å². The van der Waals surface area contributed by atoms with Crippen molar-refractivity contribution in [1.82, 2.24) is 0 Å². The number of rotatable bonds is 26. The smallest absolute Gasteiger partial charge is 0.0599 e. The Hall–Kier alpha value is -2.22. The van der Waals surface area contributed by atoms with Crippen LogP contribution in [0.5, 0.6) is 0 Å². The monoisotopic (exact) mass is 1570 g/mol. The van der Waals surface area contributed by atoms with Gasteiger partial charge in [0.1, 0.15) is 16.6 Å². The molecule has 0 aliphatic heterocycles. The fourth-order valence-corrected chi connectivity index (χ4v) is 35.1. The molecule has 6 heteroatoms. The molecule has 6 aromatic carbocycles. The van der Waals surface area contributed by atoms with Crippen LogP contribution in [0.25, 0.3) is 0 Å². The third-order valence-corrected chi connectivity index (χ3v) is 36.1. The van der Waals surface area contributed by atoms with E-state index < -0.39 is 7.11 Å². The first kappa shape index (κ1) is 88.0. The molecule has 14 radical (unpaired) electrons. The van der Waals surface area contributed by atoms with E-state index in [2.05, 4.69) is 322 Å². The van der Waals surface area contributed by atoms with Gasteiger partial charge in [0.05, 0.1) is 18.1 Å². The van der Waals surface area contributed by atoms with E-state index in [1.807, 2.05) is 0 Å². The maximum Gasteiger partial charge on any atom is 0.123 e. The van der Waals surface area contributed by atoms with Gasteiger partial charge in [0, 0.05) is 47.8 Å². The average molecular weight is 1570 g/mol. The van der Waals surface area contributed by atoms with Crippen LogP contribution in [-0.4, -0.2) is 82.5 Å². The Bertz CT molecular complexity index is 3080. The van der Waals surface area contributed by atoms with Gasteiger partial charge in [-0.25, -0.2) is 0 Å². The molecule has 0 atom stereocenters. The average Bonchev–Trinajstić information content (AvgIpc) is 0.718. The predicted molar refractivity (Wildman–Crippen MR) is 445 cm³/mol. The first-order chi connectivity index (χ1) is 43.5. The Morgan fingerprint density at radius 3 is 0.427 bits per heavy atom. The summed E-state index contributed by atoms with van der Waals surface area (Å²) in [5, 5.41) is 10.2. The minimum atomic E-state index is -2.92. The standard InChI is InChI=1S/C60H92Si3.C30H46Si.2Sn/c1-33(2)45-25-49(37(9)10)57(50(26-45)38(11)12)61-63(59-53(41(17)18)29-47(35(5)6)30-54(59)42(19)20,60-55(43(21)22)31-48(36(7)8)32-56(60)44(23)24)62-58-51(39(13)14)27-46(34(3)4)28-52(58)40(15)16;1-17(2)23-13-25(19(5)6)29(26(14-23)20(7)8)31-30-27(21(9)10)15-24(18(3)4)16-28(30)22(11)12;;/h25-44H,1-24H3;13-22H,1-12H3;;. The number of hydrogen-bond acceptors (Lipinski definition) is 0. The van der Waals surface area contributed by atoms with Crippen LogP contribution in [0.1, 0.15) is 456 Å². The second-order valence-electron chi connectivity index (χ2n) is 34.4. The maximum atomic E-state index is 2.71. The van der Waals surface area contributed by atoms with Crippen molar-refractivity contribution in [2.45, 2.75) is 356 Å². The third-order valence-electron chi connectivity index (χ3n) is 20.4. The topological polar surface area (TPSA) is 0 Å². The SMILES string of the molecule is CC(C)c1cc(C(C)C)c([Si][Si]([Si]c2c(C(C)C)cc(C(C)C)cc2C(C)C)(c2c(C(C)C)cc(C(C)C)cc2C(C)C)c2c(C(C)C)cc(C(C)C)cc2C(C)C)c(C(C)C)c1.CC(C)c1cc(C(C)C)c([Si]c2c(C(C)C)cc(C(C)C)cc2C(C)C)c(C(C)C)c1.[Sn].[Sn]. The van der Waals surface area contributed by atoms with Gasteiger partial charge in [-0.05, 0) is 207 Å². The molecule has 0 aliphatic carbocycles. The van der Waals surface area contributed by atoms with Gasteiger partial charge in [0.25, 0.3) is 0 Å². The Morgan fingerprint density at radius 2 is 0.302 bits per heavy atom. The van der Waals surface area contributed by atoms with Gasteiger partial charge in [0.2, 0.25) is 0 Å². The van der Waals surface area contributed by atoms with Crippen molar-refractivity contribution >= 4 is 114 Å². The van der Waals surface area contributed by atoms with Gasteiger partial charge >= 0.3 is 0 Å². The van der Waals surface area contributed by atoms with Gasteiger partial charge in [-0.15, -0.1) is 0 Å². The van der Waals surface area contributed by atoms with Crippen molar-refractivity contribution in [1.29, 1.82) is 0 Å². The molecule has 6 aromatic rings. The van der Waals surface area contributed by atoms with E-state index in [0.29, 0.717) is 125 Å². The molecule has 0 spiro atoms. The summed E-state index contributed by atoms with van der Waals surface area (Å²) < 4.78 is 0. The summed E-state index contributed by atoms with van der Waals surface area (Å²) in [5.74, 6) is 8.47. The van der Waals surface area contributed by atoms with Crippen LogP contribution in [0.3, 0.4) is 0 Å². The van der Waals surface area contributed by atoms with Crippen LogP contribution >= 0.6 is 0 Å². The molecule has 0 nitrogen and oxygen atoms in total. The van der Waals surface area contributed by atoms with Crippen molar-refractivity contribution in [3.05, 3.63) is 173 Å². The molecule has 96 heavy (non-hydrogen) atoms. The molecule has 0 aromatic heterocycles. The fraction of sp³-hybridized carbons (Fsp3) is 0.600. The van der Waals surface area contributed by atoms with Crippen LogP contribution in [0.4, 0.5) is 0 Å². The molecule has 0 heterocycles. The fourth-order valence-electron chi connectivity index (χ4n) is 14.1. The van der Waals surface area contributed by atoms with Crippen LogP contribution < -0.4 is 31.1 Å². The Labute approximate surface area is 636 Å². The Morgan fingerprint density at radius 1 is 0.177 bits per heavy atom. The molecule has 0 saturated heterocycles. The first-order valence-corrected chi connectivity index (χ1v) is 44.9. The third kappa shape index (κ3) is 20.6. The second-order valence-corrected chi connectivity index (χ2v) is 47.1. The van der Waals surface area contributed by atoms with Crippen molar-refractivity contribution in [3.63, 3.8) is 0 Å². The van der Waals surface area contributed by atoms with Crippen molar-refractivity contribution < 1.29 is 0 Å². The van der Waals surface area contributed by atoms with E-state index in [1.54, 1.807) is 97.9 Å². The Kier molecular flexibility index (Phi) is 34.2. The molecule has 0 fully saturated rings. The van der Waals surface area contributed by atoms with Gasteiger partial charge in [0.15, 0.2) is 0 Å². The molecule has 0 N–H and O–H groups in total. The summed E-state index contributed by atoms with van der Waals surface area (Å²) in [4.78, 5) is 0. The normalized spacial score (nSPS) is 12.6. The van der Waals surface area contributed by atoms with Crippen molar-refractivity contribution in [2.24, 2.45) is 0 Å². The van der Waals surface area contributed by atoms with Gasteiger partial charge < -0.3 is 0 Å². The minimum Gasteiger partial charge on any atom is -0.0599 e. The zero-order chi connectivity index (χ0) is 71.4. The first-order valence-electron chi connectivity index (χ1n) is 37.9. The molecular weight excluding hydrogens is 1430 g/mol. The molecule has 0 aliphatic rings. The molecular formula is C90H138Si4Sn2. The zero-order valence-electron chi connectivity index (χ0n) is 68.3. The second kappa shape index (κ2) is 37.3. The van der Waals surface area contributed by atoms with E-state index >= 15 is 0 Å². The molecule has 6 rings (SSSR count). The molecule has 522 valence electrons. The molecule has 0 amide bonds. The number of hydrogen-bond donors (Lipinski definition) is 0. The quantitative estimate of drug-likeness (QED) is 0.0475. The van der Waals surface area contributed by atoms with E-state index in [9.17, 15) is 0 Å². The summed E-state index contributed by atoms with van der Waals surface area (Å²) in [7, 11) is -0.829. The van der Waals surface area contributed by atoms with E-state index in [0.717, 1.165) is 9.52 Å². The summed E-state index contributed by atoms with van der Waals surface area (Å²) in [6.07, 6.45) is 0. The van der Waals surface area contributed by atoms with E-state index in [1.165, 1.54) is 33.4 Å². The largest absolute Gasteiger partial charge is 0.123 e. The van der Waals surface area contributed by atoms with Gasteiger partial charge in [-0.2, -0.15) is 0 Å². The summed E-state index contributed by atoms with van der Waals surface area (Å²) in [6.45, 7) is 87.4. The minimum absolute atomic E-state index is 0. The van der Waals surface area contributed by atoms with E-state index in [-0.39, 0.29) is 47.8 Å². The van der Waals surface area contributed by atoms with Crippen LogP contribution in [0.2, 0.25) is 0 Å². The summed E-state index contributed by atoms with van der Waals surface area (Å²) in [6, 6.07) is 31.5. The Balaban J connectivity index is 0.000000611. The summed E-state index contributed by atoms with van der Waals surface area (Å²) >= 11 is 0. The van der Waals surface area contributed by atoms with Crippen LogP contribution in [0, 0.1) is 0 Å². The van der Waals surface area contributed by atoms with Gasteiger partial charge in [-0.1, -0.05) is 353 Å². The maximum absolute atomic E-state index is 2.92. The van der Waals surface area contributed by atoms with Crippen molar-refractivity contribution in [3.8, 4) is 0 Å². The van der Waals surface area contributed by atoms with E-state index in [4.69, 9.17) is 0 Å². The predicted octanol–water partition coefficient (Wildman–Crippen LogP) is 23.1. The molecule has 0 bridgehead atoms. The molecule has 0 unspecified atom stereocenters. The van der Waals surface area contributed by atoms with Crippen LogP contribution in [0.15, 0.2) is 72.8 Å². The van der Waals surface area contributed by atoms with Crippen molar-refractivity contribution in [2.75, 3.05) is 0 Å². The number of benzene rings is 6. The molecule has 0 saturated carbocycles. The summed E-state index contributed by atoms with van der Waals surface area (Å²) in [5.41, 5.74) is 28.1. The van der Waals surface area contributed by atoms with Gasteiger partial charge in [-0.3, -0.25) is 0 Å². The zero-order valence-corrected chi connectivity index (χ0v) is 78.0.